The van der Waals surface area contributed by atoms with Gasteiger partial charge in [0.15, 0.2) is 5.96 Å². The number of aromatic amines is 1. The zero-order chi connectivity index (χ0) is 19.9. The Balaban J connectivity index is 0.000000260. The van der Waals surface area contributed by atoms with E-state index in [1.54, 1.807) is 12.1 Å². The number of phenolic OH excluding ortho intramolecular Hbond substituents is 1. The SMILES string of the molecule is CN(CC(=O)OS(=O)(=O)O)C(=N)N.NCCc1c[nH]c2cc(O)ccc12. The number of fused-ring (bicyclic) bond motifs is 1. The van der Waals surface area contributed by atoms with Crippen LogP contribution in [0.5, 0.6) is 5.75 Å². The number of carbonyl (C=O) groups is 1. The van der Waals surface area contributed by atoms with E-state index in [-0.39, 0.29) is 5.75 Å². The molecule has 0 radical (unpaired) electrons. The maximum atomic E-state index is 10.6. The number of aromatic hydroxyl groups is 1. The second-order valence-corrected chi connectivity index (χ2v) is 6.23. The van der Waals surface area contributed by atoms with Crippen molar-refractivity contribution in [2.75, 3.05) is 20.1 Å². The summed E-state index contributed by atoms with van der Waals surface area (Å²) in [7, 11) is -3.50. The fraction of sp³-hybridized carbons (Fsp3) is 0.286. The first-order chi connectivity index (χ1) is 12.0. The van der Waals surface area contributed by atoms with Crippen molar-refractivity contribution in [1.29, 1.82) is 5.41 Å². The topological polar surface area (TPSA) is 196 Å². The van der Waals surface area contributed by atoms with E-state index in [4.69, 9.17) is 21.4 Å². The quantitative estimate of drug-likeness (QED) is 0.223. The number of benzene rings is 1. The number of nitrogens with zero attached hydrogens (tertiary/aromatic N) is 1. The molecule has 0 saturated carbocycles. The zero-order valence-electron chi connectivity index (χ0n) is 14.0. The van der Waals surface area contributed by atoms with Gasteiger partial charge >= 0.3 is 16.4 Å². The van der Waals surface area contributed by atoms with Crippen LogP contribution in [0.15, 0.2) is 24.4 Å². The molecule has 0 fully saturated rings. The number of hydrogen-bond donors (Lipinski definition) is 6. The van der Waals surface area contributed by atoms with Crippen molar-refractivity contribution < 1.29 is 27.1 Å². The molecule has 0 saturated heterocycles. The Morgan fingerprint density at radius 3 is 2.62 bits per heavy atom. The average molecular weight is 387 g/mol. The Bertz CT molecular complexity index is 879. The van der Waals surface area contributed by atoms with E-state index in [0.717, 1.165) is 22.2 Å². The van der Waals surface area contributed by atoms with Gasteiger partial charge in [0.25, 0.3) is 0 Å². The van der Waals surface area contributed by atoms with Crippen molar-refractivity contribution in [3.8, 4) is 5.75 Å². The van der Waals surface area contributed by atoms with Gasteiger partial charge in [0.2, 0.25) is 0 Å². The largest absolute Gasteiger partial charge is 0.508 e. The lowest BCUT2D eigenvalue weighted by atomic mass is 10.1. The number of hydrogen-bond acceptors (Lipinski definition) is 7. The van der Waals surface area contributed by atoms with Crippen molar-refractivity contribution in [1.82, 2.24) is 9.88 Å². The summed E-state index contributed by atoms with van der Waals surface area (Å²) in [5, 5.41) is 17.2. The van der Waals surface area contributed by atoms with E-state index in [1.165, 1.54) is 12.6 Å². The molecule has 0 atom stereocenters. The standard InChI is InChI=1S/C10H12N2O.C4H9N3O5S/c11-4-3-7-6-12-10-5-8(13)1-2-9(7)10;1-7(4(5)6)2-3(8)12-13(9,10)11/h1-2,5-6,12-13H,3-4,11H2;2H2,1H3,(H3,5,6)(H,9,10,11). The minimum Gasteiger partial charge on any atom is -0.508 e. The molecule has 0 unspecified atom stereocenters. The molecule has 144 valence electrons. The van der Waals surface area contributed by atoms with Crippen LogP contribution in [-0.4, -0.2) is 60.0 Å². The van der Waals surface area contributed by atoms with Gasteiger partial charge in [0.1, 0.15) is 12.3 Å². The number of nitrogens with two attached hydrogens (primary N) is 2. The van der Waals surface area contributed by atoms with Crippen LogP contribution in [0, 0.1) is 5.41 Å². The monoisotopic (exact) mass is 387 g/mol. The summed E-state index contributed by atoms with van der Waals surface area (Å²) in [6.07, 6.45) is 2.81. The van der Waals surface area contributed by atoms with Crippen molar-refractivity contribution in [3.05, 3.63) is 30.0 Å². The van der Waals surface area contributed by atoms with Gasteiger partial charge in [-0.05, 0) is 30.7 Å². The summed E-state index contributed by atoms with van der Waals surface area (Å²) in [5.74, 6) is -1.36. The van der Waals surface area contributed by atoms with Crippen LogP contribution in [-0.2, 0) is 25.8 Å². The molecule has 2 aromatic rings. The molecule has 2 rings (SSSR count). The molecule has 1 aromatic carbocycles. The maximum Gasteiger partial charge on any atom is 0.449 e. The number of nitrogens with one attached hydrogen (secondary N) is 2. The Morgan fingerprint density at radius 1 is 1.42 bits per heavy atom. The molecule has 0 aliphatic heterocycles. The molecule has 0 amide bonds. The van der Waals surface area contributed by atoms with E-state index in [9.17, 15) is 18.3 Å². The maximum absolute atomic E-state index is 10.6. The van der Waals surface area contributed by atoms with Gasteiger partial charge in [-0.2, -0.15) is 8.42 Å². The number of carbonyl (C=O) groups excluding carboxylic acids is 1. The molecule has 12 heteroatoms. The first-order valence-electron chi connectivity index (χ1n) is 7.27. The van der Waals surface area contributed by atoms with Gasteiger partial charge in [-0.3, -0.25) is 9.96 Å². The van der Waals surface area contributed by atoms with Crippen LogP contribution in [0.25, 0.3) is 10.9 Å². The summed E-state index contributed by atoms with van der Waals surface area (Å²) in [6, 6.07) is 5.32. The minimum absolute atomic E-state index is 0.286. The van der Waals surface area contributed by atoms with E-state index in [2.05, 4.69) is 9.17 Å². The number of phenols is 1. The lowest BCUT2D eigenvalue weighted by Gasteiger charge is -2.13. The molecule has 1 heterocycles. The summed E-state index contributed by atoms with van der Waals surface area (Å²) in [4.78, 5) is 14.7. The smallest absolute Gasteiger partial charge is 0.449 e. The van der Waals surface area contributed by atoms with Gasteiger partial charge in [0.05, 0.1) is 0 Å². The van der Waals surface area contributed by atoms with Gasteiger partial charge in [-0.15, -0.1) is 0 Å². The molecule has 26 heavy (non-hydrogen) atoms. The second-order valence-electron chi connectivity index (χ2n) is 5.21. The summed E-state index contributed by atoms with van der Waals surface area (Å²) in [5.41, 5.74) is 12.6. The Kier molecular flexibility index (Phi) is 7.37. The van der Waals surface area contributed by atoms with Crippen LogP contribution in [0.4, 0.5) is 0 Å². The third-order valence-electron chi connectivity index (χ3n) is 3.14. The molecule has 0 aliphatic carbocycles. The van der Waals surface area contributed by atoms with Gasteiger partial charge in [-0.1, -0.05) is 0 Å². The van der Waals surface area contributed by atoms with Crippen LogP contribution >= 0.6 is 0 Å². The van der Waals surface area contributed by atoms with Crippen LogP contribution in [0.3, 0.4) is 0 Å². The highest BCUT2D eigenvalue weighted by molar-refractivity contribution is 7.81. The molecule has 8 N–H and O–H groups in total. The number of likely N-dealkylation sites (N-methyl/N-ethyl adjacent to an activating group) is 1. The Hall–Kier alpha value is -2.83. The fourth-order valence-electron chi connectivity index (χ4n) is 1.96. The first kappa shape index (κ1) is 21.2. The van der Waals surface area contributed by atoms with Crippen molar-refractivity contribution in [2.24, 2.45) is 11.5 Å². The summed E-state index contributed by atoms with van der Waals surface area (Å²) < 4.78 is 31.6. The van der Waals surface area contributed by atoms with E-state index in [0.29, 0.717) is 6.54 Å². The predicted molar refractivity (Wildman–Crippen MR) is 94.9 cm³/mol. The molecule has 0 bridgehead atoms. The lowest BCUT2D eigenvalue weighted by Crippen LogP contribution is -2.37. The summed E-state index contributed by atoms with van der Waals surface area (Å²) >= 11 is 0. The highest BCUT2D eigenvalue weighted by Gasteiger charge is 2.15. The third kappa shape index (κ3) is 6.96. The van der Waals surface area contributed by atoms with E-state index < -0.39 is 28.9 Å². The van der Waals surface area contributed by atoms with Crippen LogP contribution < -0.4 is 11.5 Å². The van der Waals surface area contributed by atoms with Crippen LogP contribution in [0.2, 0.25) is 0 Å². The predicted octanol–water partition coefficient (Wildman–Crippen LogP) is -0.468. The Morgan fingerprint density at radius 2 is 2.08 bits per heavy atom. The molecular weight excluding hydrogens is 366 g/mol. The number of rotatable bonds is 5. The first-order valence-corrected chi connectivity index (χ1v) is 8.64. The molecule has 11 nitrogen and oxygen atoms in total. The average Bonchev–Trinajstić information content (AvgIpc) is 2.88. The third-order valence-corrected chi connectivity index (χ3v) is 3.54. The van der Waals surface area contributed by atoms with Crippen molar-refractivity contribution >= 4 is 33.2 Å². The minimum atomic E-state index is -4.78. The second kappa shape index (κ2) is 9.03. The van der Waals surface area contributed by atoms with Gasteiger partial charge in [-0.25, -0.2) is 4.79 Å². The lowest BCUT2D eigenvalue weighted by molar-refractivity contribution is -0.134. The normalized spacial score (nSPS) is 10.7. The van der Waals surface area contributed by atoms with Crippen molar-refractivity contribution in [3.63, 3.8) is 0 Å². The Labute approximate surface area is 150 Å². The van der Waals surface area contributed by atoms with Gasteiger partial charge in [0, 0.05) is 30.2 Å². The number of aromatic nitrogens is 1. The van der Waals surface area contributed by atoms with Crippen LogP contribution in [0.1, 0.15) is 5.56 Å². The number of H-pyrrole nitrogens is 1. The van der Waals surface area contributed by atoms with E-state index in [1.807, 2.05) is 12.3 Å². The van der Waals surface area contributed by atoms with E-state index >= 15 is 0 Å². The highest BCUT2D eigenvalue weighted by atomic mass is 32.3. The highest BCUT2D eigenvalue weighted by Crippen LogP contribution is 2.22. The molecule has 0 spiro atoms. The zero-order valence-corrected chi connectivity index (χ0v) is 14.8. The molecular formula is C14H21N5O6S. The molecule has 0 aliphatic rings. The van der Waals surface area contributed by atoms with Gasteiger partial charge < -0.3 is 30.6 Å². The van der Waals surface area contributed by atoms with Crippen molar-refractivity contribution in [2.45, 2.75) is 6.42 Å². The molecule has 1 aromatic heterocycles. The number of guanidine groups is 1. The fourth-order valence-corrected chi connectivity index (χ4v) is 2.25. The summed E-state index contributed by atoms with van der Waals surface area (Å²) in [6.45, 7) is 0.114.